The lowest BCUT2D eigenvalue weighted by Gasteiger charge is -2.33. The van der Waals surface area contributed by atoms with Crippen LogP contribution >= 0.6 is 0 Å². The molecule has 0 fully saturated rings. The van der Waals surface area contributed by atoms with Gasteiger partial charge in [-0.25, -0.2) is 0 Å². The number of benzene rings is 1. The van der Waals surface area contributed by atoms with Crippen molar-refractivity contribution in [1.29, 1.82) is 0 Å². The predicted molar refractivity (Wildman–Crippen MR) is 81.7 cm³/mol. The molecule has 0 spiro atoms. The van der Waals surface area contributed by atoms with E-state index in [1.807, 2.05) is 13.1 Å². The number of nitrogens with one attached hydrogen (secondary N) is 1. The van der Waals surface area contributed by atoms with Crippen LogP contribution in [0.1, 0.15) is 25.8 Å². The molecular weight excluding hydrogens is 236 g/mol. The maximum Gasteiger partial charge on any atom is 0.119 e. The van der Waals surface area contributed by atoms with Gasteiger partial charge in [-0.2, -0.15) is 0 Å². The van der Waals surface area contributed by atoms with Crippen molar-refractivity contribution in [2.45, 2.75) is 26.8 Å². The topological polar surface area (TPSA) is 24.5 Å². The highest BCUT2D eigenvalue weighted by Gasteiger charge is 2.23. The van der Waals surface area contributed by atoms with Crippen LogP contribution in [-0.4, -0.2) is 39.2 Å². The normalized spacial score (nSPS) is 14.4. The molecule has 0 saturated carbocycles. The fraction of sp³-hybridized carbons (Fsp3) is 0.625. The van der Waals surface area contributed by atoms with E-state index in [0.717, 1.165) is 25.4 Å². The molecule has 0 radical (unpaired) electrons. The van der Waals surface area contributed by atoms with Gasteiger partial charge in [0.05, 0.1) is 7.11 Å². The van der Waals surface area contributed by atoms with Gasteiger partial charge >= 0.3 is 0 Å². The van der Waals surface area contributed by atoms with E-state index in [2.05, 4.69) is 49.3 Å². The number of ether oxygens (including phenoxy) is 1. The molecule has 0 aliphatic heterocycles. The van der Waals surface area contributed by atoms with Crippen LogP contribution < -0.4 is 10.1 Å². The highest BCUT2D eigenvalue weighted by molar-refractivity contribution is 5.28. The summed E-state index contributed by atoms with van der Waals surface area (Å²) < 4.78 is 5.27. The summed E-state index contributed by atoms with van der Waals surface area (Å²) in [7, 11) is 5.92. The summed E-state index contributed by atoms with van der Waals surface area (Å²) in [6, 6.07) is 8.30. The van der Waals surface area contributed by atoms with Gasteiger partial charge in [-0.3, -0.25) is 0 Å². The van der Waals surface area contributed by atoms with Crippen LogP contribution in [0.2, 0.25) is 0 Å². The quantitative estimate of drug-likeness (QED) is 0.781. The van der Waals surface area contributed by atoms with Crippen molar-refractivity contribution < 1.29 is 4.74 Å². The molecule has 1 rings (SSSR count). The van der Waals surface area contributed by atoms with E-state index in [-0.39, 0.29) is 0 Å². The Bertz CT molecular complexity index is 381. The molecule has 1 unspecified atom stereocenters. The van der Waals surface area contributed by atoms with Gasteiger partial charge in [-0.15, -0.1) is 0 Å². The summed E-state index contributed by atoms with van der Waals surface area (Å²) in [4.78, 5) is 2.38. The molecule has 1 N–H and O–H groups in total. The summed E-state index contributed by atoms with van der Waals surface area (Å²) in [6.07, 6.45) is 1.18. The summed E-state index contributed by atoms with van der Waals surface area (Å²) in [5.41, 5.74) is 1.62. The lowest BCUT2D eigenvalue weighted by molar-refractivity contribution is 0.178. The molecular formula is C16H28N2O. The maximum atomic E-state index is 5.27. The average molecular weight is 264 g/mol. The zero-order valence-electron chi connectivity index (χ0n) is 13.0. The van der Waals surface area contributed by atoms with Gasteiger partial charge in [0.1, 0.15) is 5.75 Å². The third kappa shape index (κ3) is 5.21. The van der Waals surface area contributed by atoms with Crippen LogP contribution in [0.25, 0.3) is 0 Å². The first-order valence-electron chi connectivity index (χ1n) is 6.99. The van der Waals surface area contributed by atoms with Gasteiger partial charge in [-0.1, -0.05) is 26.0 Å². The van der Waals surface area contributed by atoms with Crippen molar-refractivity contribution in [3.05, 3.63) is 29.8 Å². The zero-order chi connectivity index (χ0) is 14.3. The molecule has 0 aromatic heterocycles. The maximum absolute atomic E-state index is 5.27. The Morgan fingerprint density at radius 1 is 1.37 bits per heavy atom. The van der Waals surface area contributed by atoms with Crippen molar-refractivity contribution in [2.75, 3.05) is 34.3 Å². The second-order valence-corrected chi connectivity index (χ2v) is 5.72. The van der Waals surface area contributed by atoms with E-state index < -0.39 is 0 Å². The summed E-state index contributed by atoms with van der Waals surface area (Å²) in [5, 5.41) is 3.30. The fourth-order valence-electron chi connectivity index (χ4n) is 2.51. The average Bonchev–Trinajstić information content (AvgIpc) is 2.39. The van der Waals surface area contributed by atoms with Crippen LogP contribution in [0.3, 0.4) is 0 Å². The minimum absolute atomic E-state index is 0.322. The number of methoxy groups -OCH3 is 1. The second kappa shape index (κ2) is 7.51. The molecule has 19 heavy (non-hydrogen) atoms. The molecule has 1 aromatic carbocycles. The summed E-state index contributed by atoms with van der Waals surface area (Å²) >= 11 is 0. The van der Waals surface area contributed by atoms with Gasteiger partial charge in [0.15, 0.2) is 0 Å². The van der Waals surface area contributed by atoms with Crippen LogP contribution in [0.5, 0.6) is 5.75 Å². The van der Waals surface area contributed by atoms with Crippen molar-refractivity contribution in [3.8, 4) is 5.75 Å². The standard InChI is InChI=1S/C16H28N2O/c1-6-16(2,12-17-3)13-18(4)11-14-8-7-9-15(10-14)19-5/h7-10,17H,6,11-13H2,1-5H3. The molecule has 0 bridgehead atoms. The molecule has 0 saturated heterocycles. The highest BCUT2D eigenvalue weighted by atomic mass is 16.5. The lowest BCUT2D eigenvalue weighted by Crippen LogP contribution is -2.39. The lowest BCUT2D eigenvalue weighted by atomic mass is 9.87. The van der Waals surface area contributed by atoms with Crippen LogP contribution in [-0.2, 0) is 6.54 Å². The Balaban J connectivity index is 2.60. The molecule has 0 heterocycles. The molecule has 1 atom stereocenters. The van der Waals surface area contributed by atoms with Crippen molar-refractivity contribution >= 4 is 0 Å². The van der Waals surface area contributed by atoms with Crippen LogP contribution in [0.4, 0.5) is 0 Å². The Morgan fingerprint density at radius 2 is 2.11 bits per heavy atom. The van der Waals surface area contributed by atoms with Gasteiger partial charge in [0, 0.05) is 19.6 Å². The van der Waals surface area contributed by atoms with E-state index >= 15 is 0 Å². The predicted octanol–water partition coefficient (Wildman–Crippen LogP) is 2.76. The van der Waals surface area contributed by atoms with Gasteiger partial charge in [0.2, 0.25) is 0 Å². The van der Waals surface area contributed by atoms with E-state index in [0.29, 0.717) is 5.41 Å². The Labute approximate surface area is 118 Å². The minimum Gasteiger partial charge on any atom is -0.497 e. The Hall–Kier alpha value is -1.06. The van der Waals surface area contributed by atoms with E-state index in [9.17, 15) is 0 Å². The van der Waals surface area contributed by atoms with Gasteiger partial charge < -0.3 is 15.0 Å². The first-order valence-corrected chi connectivity index (χ1v) is 6.99. The molecule has 108 valence electrons. The second-order valence-electron chi connectivity index (χ2n) is 5.72. The first kappa shape index (κ1) is 16.0. The number of nitrogens with zero attached hydrogens (tertiary/aromatic N) is 1. The molecule has 0 amide bonds. The van der Waals surface area contributed by atoms with Crippen molar-refractivity contribution in [2.24, 2.45) is 5.41 Å². The minimum atomic E-state index is 0.322. The van der Waals surface area contributed by atoms with E-state index in [1.54, 1.807) is 7.11 Å². The third-order valence-electron chi connectivity index (χ3n) is 3.70. The van der Waals surface area contributed by atoms with Gasteiger partial charge in [-0.05, 0) is 43.6 Å². The third-order valence-corrected chi connectivity index (χ3v) is 3.70. The molecule has 3 nitrogen and oxygen atoms in total. The fourth-order valence-corrected chi connectivity index (χ4v) is 2.51. The van der Waals surface area contributed by atoms with Crippen molar-refractivity contribution in [1.82, 2.24) is 10.2 Å². The van der Waals surface area contributed by atoms with Crippen LogP contribution in [0.15, 0.2) is 24.3 Å². The SMILES string of the molecule is CCC(C)(CNC)CN(C)Cc1cccc(OC)c1. The molecule has 0 aliphatic carbocycles. The van der Waals surface area contributed by atoms with E-state index in [1.165, 1.54) is 12.0 Å². The number of hydrogen-bond acceptors (Lipinski definition) is 3. The largest absolute Gasteiger partial charge is 0.497 e. The first-order chi connectivity index (χ1) is 9.03. The Kier molecular flexibility index (Phi) is 6.32. The monoisotopic (exact) mass is 264 g/mol. The zero-order valence-corrected chi connectivity index (χ0v) is 13.0. The number of hydrogen-bond donors (Lipinski definition) is 1. The highest BCUT2D eigenvalue weighted by Crippen LogP contribution is 2.22. The van der Waals surface area contributed by atoms with Crippen LogP contribution in [0, 0.1) is 5.41 Å². The summed E-state index contributed by atoms with van der Waals surface area (Å²) in [6.45, 7) is 7.69. The number of rotatable bonds is 8. The molecule has 0 aliphatic rings. The molecule has 3 heteroatoms. The molecule has 1 aromatic rings. The summed E-state index contributed by atoms with van der Waals surface area (Å²) in [5.74, 6) is 0.930. The van der Waals surface area contributed by atoms with Gasteiger partial charge in [0.25, 0.3) is 0 Å². The Morgan fingerprint density at radius 3 is 2.68 bits per heavy atom. The smallest absolute Gasteiger partial charge is 0.119 e. The van der Waals surface area contributed by atoms with Crippen molar-refractivity contribution in [3.63, 3.8) is 0 Å². The van der Waals surface area contributed by atoms with E-state index in [4.69, 9.17) is 4.74 Å².